The van der Waals surface area contributed by atoms with Crippen molar-refractivity contribution in [1.29, 1.82) is 5.26 Å². The summed E-state index contributed by atoms with van der Waals surface area (Å²) < 4.78 is 45.6. The number of nitrogens with zero attached hydrogens (tertiary/aromatic N) is 2. The Hall–Kier alpha value is -1.71. The molecule has 0 spiro atoms. The lowest BCUT2D eigenvalue weighted by molar-refractivity contribution is -0.145. The second kappa shape index (κ2) is 5.35. The van der Waals surface area contributed by atoms with E-state index in [1.165, 1.54) is 18.2 Å². The molecule has 0 amide bonds. The maximum atomic E-state index is 13.2. The Morgan fingerprint density at radius 1 is 1.40 bits per heavy atom. The zero-order valence-corrected chi connectivity index (χ0v) is 11.2. The smallest absolute Gasteiger partial charge is 0.361 e. The molecule has 0 aliphatic rings. The largest absolute Gasteiger partial charge is 0.432 e. The molecule has 0 atom stereocenters. The van der Waals surface area contributed by atoms with Crippen molar-refractivity contribution in [3.63, 3.8) is 0 Å². The molecule has 0 saturated heterocycles. The molecule has 3 nitrogen and oxygen atoms in total. The first-order valence-corrected chi connectivity index (χ1v) is 6.14. The monoisotopic (exact) mass is 302 g/mol. The zero-order chi connectivity index (χ0) is 14.9. The van der Waals surface area contributed by atoms with E-state index in [9.17, 15) is 13.2 Å². The quantitative estimate of drug-likeness (QED) is 0.853. The van der Waals surface area contributed by atoms with Crippen LogP contribution < -0.4 is 0 Å². The van der Waals surface area contributed by atoms with Crippen LogP contribution in [-0.2, 0) is 17.6 Å². The minimum Gasteiger partial charge on any atom is -0.361 e. The van der Waals surface area contributed by atoms with E-state index in [4.69, 9.17) is 21.6 Å². The molecule has 2 rings (SSSR count). The van der Waals surface area contributed by atoms with E-state index >= 15 is 0 Å². The van der Waals surface area contributed by atoms with Gasteiger partial charge in [0, 0.05) is 17.0 Å². The average Bonchev–Trinajstić information content (AvgIpc) is 2.69. The number of aromatic nitrogens is 1. The van der Waals surface area contributed by atoms with Gasteiger partial charge >= 0.3 is 6.18 Å². The lowest BCUT2D eigenvalue weighted by Gasteiger charge is -2.13. The molecular weight excluding hydrogens is 293 g/mol. The molecule has 0 bridgehead atoms. The van der Waals surface area contributed by atoms with E-state index in [0.717, 1.165) is 4.57 Å². The molecule has 1 heterocycles. The topological polar surface area (TPSA) is 38.0 Å². The minimum absolute atomic E-state index is 0.212. The van der Waals surface area contributed by atoms with Gasteiger partial charge in [-0.05, 0) is 25.1 Å². The number of fused-ring (bicyclic) bond motifs is 1. The van der Waals surface area contributed by atoms with E-state index in [0.29, 0.717) is 5.02 Å². The van der Waals surface area contributed by atoms with Gasteiger partial charge in [0.25, 0.3) is 0 Å². The number of ether oxygens (including phenoxy) is 1. The minimum atomic E-state index is -4.65. The molecule has 1 aromatic heterocycles. The summed E-state index contributed by atoms with van der Waals surface area (Å²) in [6, 6.07) is 5.88. The van der Waals surface area contributed by atoms with Crippen molar-refractivity contribution in [2.45, 2.75) is 19.8 Å². The number of benzene rings is 1. The third-order valence-electron chi connectivity index (χ3n) is 2.83. The van der Waals surface area contributed by atoms with Gasteiger partial charge in [-0.25, -0.2) is 0 Å². The van der Waals surface area contributed by atoms with Gasteiger partial charge in [-0.1, -0.05) is 11.6 Å². The van der Waals surface area contributed by atoms with E-state index < -0.39 is 17.4 Å². The maximum absolute atomic E-state index is 13.2. The Balaban J connectivity index is 2.82. The molecule has 0 aliphatic heterocycles. The predicted molar refractivity (Wildman–Crippen MR) is 68.3 cm³/mol. The summed E-state index contributed by atoms with van der Waals surface area (Å²) in [6.07, 6.45) is -4.65. The fraction of sp³-hybridized carbons (Fsp3) is 0.308. The summed E-state index contributed by atoms with van der Waals surface area (Å²) in [6.45, 7) is 1.65. The van der Waals surface area contributed by atoms with Crippen LogP contribution in [-0.4, -0.2) is 11.2 Å². The molecule has 0 radical (unpaired) electrons. The number of halogens is 4. The van der Waals surface area contributed by atoms with Crippen molar-refractivity contribution < 1.29 is 17.9 Å². The molecule has 0 unspecified atom stereocenters. The third-order valence-corrected chi connectivity index (χ3v) is 3.07. The van der Waals surface area contributed by atoms with E-state index in [1.807, 2.05) is 0 Å². The summed E-state index contributed by atoms with van der Waals surface area (Å²) in [5.74, 6) is 0. The van der Waals surface area contributed by atoms with Crippen molar-refractivity contribution in [3.05, 3.63) is 34.5 Å². The Bertz CT molecular complexity index is 685. The van der Waals surface area contributed by atoms with Crippen molar-refractivity contribution >= 4 is 22.5 Å². The van der Waals surface area contributed by atoms with Crippen molar-refractivity contribution in [1.82, 2.24) is 4.57 Å². The molecule has 0 saturated carbocycles. The predicted octanol–water partition coefficient (Wildman–Crippen LogP) is 4.18. The first-order chi connectivity index (χ1) is 9.40. The Morgan fingerprint density at radius 3 is 2.65 bits per heavy atom. The van der Waals surface area contributed by atoms with E-state index in [-0.39, 0.29) is 24.2 Å². The van der Waals surface area contributed by atoms with Gasteiger partial charge in [0.1, 0.15) is 18.5 Å². The maximum Gasteiger partial charge on any atom is 0.432 e. The summed E-state index contributed by atoms with van der Waals surface area (Å²) in [4.78, 5) is 0. The molecule has 0 fully saturated rings. The second-order valence-corrected chi connectivity index (χ2v) is 4.48. The normalized spacial score (nSPS) is 11.8. The SMILES string of the molecule is CCOCn1c(C(F)(F)F)c(C#N)c2ccc(Cl)cc21. The number of hydrogen-bond donors (Lipinski definition) is 0. The van der Waals surface area contributed by atoms with Crippen molar-refractivity contribution in [2.24, 2.45) is 0 Å². The van der Waals surface area contributed by atoms with Gasteiger partial charge in [-0.2, -0.15) is 18.4 Å². The third kappa shape index (κ3) is 2.47. The van der Waals surface area contributed by atoms with Crippen molar-refractivity contribution in [3.8, 4) is 6.07 Å². The average molecular weight is 303 g/mol. The first-order valence-electron chi connectivity index (χ1n) is 5.77. The van der Waals surface area contributed by atoms with E-state index in [1.54, 1.807) is 13.0 Å². The second-order valence-electron chi connectivity index (χ2n) is 4.04. The van der Waals surface area contributed by atoms with Crippen molar-refractivity contribution in [2.75, 3.05) is 6.61 Å². The lowest BCUT2D eigenvalue weighted by atomic mass is 10.1. The van der Waals surface area contributed by atoms with Crippen LogP contribution in [0.25, 0.3) is 10.9 Å². The number of alkyl halides is 3. The lowest BCUT2D eigenvalue weighted by Crippen LogP contribution is -2.16. The molecule has 2 aromatic rings. The molecule has 1 aromatic carbocycles. The highest BCUT2D eigenvalue weighted by Gasteiger charge is 2.39. The Labute approximate surface area is 118 Å². The number of rotatable bonds is 3. The summed E-state index contributed by atoms with van der Waals surface area (Å²) in [7, 11) is 0. The van der Waals surface area contributed by atoms with E-state index in [2.05, 4.69) is 0 Å². The van der Waals surface area contributed by atoms with Gasteiger partial charge in [0.15, 0.2) is 0 Å². The van der Waals surface area contributed by atoms with Gasteiger partial charge in [-0.15, -0.1) is 0 Å². The van der Waals surface area contributed by atoms with Crippen LogP contribution >= 0.6 is 11.6 Å². The van der Waals surface area contributed by atoms with Crippen LogP contribution in [0.1, 0.15) is 18.2 Å². The van der Waals surface area contributed by atoms with Gasteiger partial charge in [-0.3, -0.25) is 0 Å². The molecule has 7 heteroatoms. The van der Waals surface area contributed by atoms with Crippen LogP contribution in [0.2, 0.25) is 5.02 Å². The fourth-order valence-corrected chi connectivity index (χ4v) is 2.21. The number of nitriles is 1. The van der Waals surface area contributed by atoms with Crippen LogP contribution in [0, 0.1) is 11.3 Å². The highest BCUT2D eigenvalue weighted by Crippen LogP contribution is 2.38. The number of hydrogen-bond acceptors (Lipinski definition) is 2. The molecule has 20 heavy (non-hydrogen) atoms. The standard InChI is InChI=1S/C13H10ClF3N2O/c1-2-20-7-19-11-5-8(14)3-4-9(11)10(6-18)12(19)13(15,16)17/h3-5H,2,7H2,1H3. The molecular formula is C13H10ClF3N2O. The summed E-state index contributed by atoms with van der Waals surface area (Å²) in [5, 5.41) is 9.56. The van der Waals surface area contributed by atoms with Gasteiger partial charge in [0.2, 0.25) is 0 Å². The zero-order valence-electron chi connectivity index (χ0n) is 10.5. The van der Waals surface area contributed by atoms with Crippen LogP contribution in [0.3, 0.4) is 0 Å². The van der Waals surface area contributed by atoms with Gasteiger partial charge in [0.05, 0.1) is 11.1 Å². The molecule has 106 valence electrons. The highest BCUT2D eigenvalue weighted by molar-refractivity contribution is 6.31. The summed E-state index contributed by atoms with van der Waals surface area (Å²) in [5.41, 5.74) is -1.19. The van der Waals surface area contributed by atoms with Gasteiger partial charge < -0.3 is 9.30 Å². The van der Waals surface area contributed by atoms with Crippen LogP contribution in [0.4, 0.5) is 13.2 Å². The fourth-order valence-electron chi connectivity index (χ4n) is 2.05. The Morgan fingerprint density at radius 2 is 2.10 bits per heavy atom. The highest BCUT2D eigenvalue weighted by atomic mass is 35.5. The summed E-state index contributed by atoms with van der Waals surface area (Å²) >= 11 is 5.83. The van der Waals surface area contributed by atoms with Crippen LogP contribution in [0.15, 0.2) is 18.2 Å². The molecule has 0 aliphatic carbocycles. The van der Waals surface area contributed by atoms with Crippen LogP contribution in [0.5, 0.6) is 0 Å². The first kappa shape index (κ1) is 14.7. The Kier molecular flexibility index (Phi) is 3.93. The molecule has 0 N–H and O–H groups in total.